The lowest BCUT2D eigenvalue weighted by molar-refractivity contribution is -0.384. The molecule has 6 nitrogen and oxygen atoms in total. The molecule has 3 aromatic rings. The maximum Gasteiger partial charge on any atom is 0.269 e. The summed E-state index contributed by atoms with van der Waals surface area (Å²) in [5.74, 6) is -1.72. The zero-order chi connectivity index (χ0) is 21.5. The van der Waals surface area contributed by atoms with Gasteiger partial charge in [0, 0.05) is 32.4 Å². The fourth-order valence-electron chi connectivity index (χ4n) is 2.85. The zero-order valence-corrected chi connectivity index (χ0v) is 17.1. The molecule has 1 N–H and O–H groups in total. The van der Waals surface area contributed by atoms with Crippen LogP contribution < -0.4 is 0 Å². The van der Waals surface area contributed by atoms with Crippen LogP contribution in [0.25, 0.3) is 5.76 Å². The van der Waals surface area contributed by atoms with Crippen molar-refractivity contribution in [3.63, 3.8) is 0 Å². The summed E-state index contributed by atoms with van der Waals surface area (Å²) in [6.45, 7) is 0. The normalized spacial score (nSPS) is 12.5. The molecule has 0 unspecified atom stereocenters. The van der Waals surface area contributed by atoms with Crippen LogP contribution in [-0.4, -0.2) is 10.0 Å². The van der Waals surface area contributed by atoms with Crippen molar-refractivity contribution in [2.75, 3.05) is 0 Å². The minimum atomic E-state index is -1.02. The van der Waals surface area contributed by atoms with Gasteiger partial charge in [-0.05, 0) is 23.6 Å². The van der Waals surface area contributed by atoms with Crippen molar-refractivity contribution in [1.82, 2.24) is 0 Å². The highest BCUT2D eigenvalue weighted by atomic mass is 32.2. The van der Waals surface area contributed by atoms with Gasteiger partial charge in [-0.25, -0.2) is 0 Å². The molecular weight excluding hydrogens is 418 g/mol. The van der Waals surface area contributed by atoms with E-state index < -0.39 is 16.8 Å². The van der Waals surface area contributed by atoms with Crippen molar-refractivity contribution in [2.24, 2.45) is 5.92 Å². The van der Waals surface area contributed by atoms with Gasteiger partial charge in [-0.1, -0.05) is 48.2 Å². The van der Waals surface area contributed by atoms with Crippen LogP contribution in [0, 0.1) is 38.7 Å². The summed E-state index contributed by atoms with van der Waals surface area (Å²) < 4.78 is 0. The molecule has 8 heteroatoms. The Labute approximate surface area is 181 Å². The Morgan fingerprint density at radius 3 is 2.23 bits per heavy atom. The monoisotopic (exact) mass is 433 g/mol. The number of benzene rings is 2. The maximum absolute atomic E-state index is 11.1. The van der Waals surface area contributed by atoms with Crippen LogP contribution in [0.1, 0.15) is 16.4 Å². The predicted octanol–water partition coefficient (Wildman–Crippen LogP) is 6.12. The van der Waals surface area contributed by atoms with Gasteiger partial charge >= 0.3 is 0 Å². The molecular formula is C22H15N3O3S2. The number of non-ortho nitro benzene ring substituents is 1. The lowest BCUT2D eigenvalue weighted by Gasteiger charge is -2.21. The van der Waals surface area contributed by atoms with Crippen LogP contribution >= 0.6 is 23.1 Å². The Hall–Kier alpha value is -3.59. The van der Waals surface area contributed by atoms with E-state index in [0.717, 1.165) is 4.88 Å². The Morgan fingerprint density at radius 2 is 1.70 bits per heavy atom. The summed E-state index contributed by atoms with van der Waals surface area (Å²) in [7, 11) is 0. The third-order valence-corrected chi connectivity index (χ3v) is 6.43. The largest absolute Gasteiger partial charge is 0.506 e. The SMILES string of the molecule is N#CC(C#N)[C@@H](/C(Sc1ccc([N+](=O)[O-])cc1)=C(/O)c1ccccc1)c1cccs1. The van der Waals surface area contributed by atoms with E-state index in [1.165, 1.54) is 35.2 Å². The summed E-state index contributed by atoms with van der Waals surface area (Å²) in [5, 5.41) is 43.1. The number of nitro groups is 1. The molecule has 0 spiro atoms. The second-order valence-electron chi connectivity index (χ2n) is 6.16. The summed E-state index contributed by atoms with van der Waals surface area (Å²) >= 11 is 2.59. The first-order valence-corrected chi connectivity index (χ1v) is 10.5. The van der Waals surface area contributed by atoms with Crippen LogP contribution in [0.2, 0.25) is 0 Å². The summed E-state index contributed by atoms with van der Waals surface area (Å²) in [5.41, 5.74) is 0.511. The maximum atomic E-state index is 11.1. The van der Waals surface area contributed by atoms with Crippen LogP contribution in [0.5, 0.6) is 0 Å². The number of nitro benzene ring substituents is 1. The first-order valence-electron chi connectivity index (χ1n) is 8.78. The van der Waals surface area contributed by atoms with Crippen molar-refractivity contribution >= 4 is 34.5 Å². The third-order valence-electron chi connectivity index (χ3n) is 4.30. The number of nitriles is 2. The average molecular weight is 434 g/mol. The molecule has 0 aliphatic carbocycles. The fraction of sp³-hybridized carbons (Fsp3) is 0.0909. The van der Waals surface area contributed by atoms with Gasteiger partial charge < -0.3 is 5.11 Å². The highest BCUT2D eigenvalue weighted by Gasteiger charge is 2.31. The molecule has 1 atom stereocenters. The van der Waals surface area contributed by atoms with Crippen LogP contribution in [0.3, 0.4) is 0 Å². The summed E-state index contributed by atoms with van der Waals surface area (Å²) in [4.78, 5) is 12.3. The standard InChI is InChI=1S/C22H15N3O3S2/c23-13-16(14-24)20(19-7-4-12-29-19)22(21(26)15-5-2-1-3-6-15)30-18-10-8-17(9-11-18)25(27)28/h1-12,16,20,26H/b22-21-/t20-/m1/s1. The molecule has 0 bridgehead atoms. The molecule has 0 fully saturated rings. The van der Waals surface area contributed by atoms with Crippen molar-refractivity contribution in [3.05, 3.63) is 97.6 Å². The number of thioether (sulfide) groups is 1. The first-order chi connectivity index (χ1) is 14.5. The van der Waals surface area contributed by atoms with Gasteiger partial charge in [-0.15, -0.1) is 11.3 Å². The van der Waals surface area contributed by atoms with E-state index in [4.69, 9.17) is 0 Å². The van der Waals surface area contributed by atoms with Gasteiger partial charge in [-0.3, -0.25) is 10.1 Å². The van der Waals surface area contributed by atoms with Crippen LogP contribution in [-0.2, 0) is 0 Å². The number of rotatable bonds is 7. The molecule has 1 aromatic heterocycles. The molecule has 0 saturated heterocycles. The van der Waals surface area contributed by atoms with Crippen molar-refractivity contribution < 1.29 is 10.0 Å². The van der Waals surface area contributed by atoms with Crippen molar-refractivity contribution in [1.29, 1.82) is 10.5 Å². The van der Waals surface area contributed by atoms with Gasteiger partial charge in [0.1, 0.15) is 11.7 Å². The zero-order valence-electron chi connectivity index (χ0n) is 15.5. The Bertz CT molecular complexity index is 1120. The van der Waals surface area contributed by atoms with Gasteiger partial charge in [0.2, 0.25) is 0 Å². The summed E-state index contributed by atoms with van der Waals surface area (Å²) in [6.07, 6.45) is 0. The highest BCUT2D eigenvalue weighted by Crippen LogP contribution is 2.46. The molecule has 3 rings (SSSR count). The summed E-state index contributed by atoms with van der Waals surface area (Å²) in [6, 6.07) is 22.5. The third kappa shape index (κ3) is 4.69. The van der Waals surface area contributed by atoms with Gasteiger partial charge in [0.05, 0.1) is 23.0 Å². The quantitative estimate of drug-likeness (QED) is 0.208. The second kappa shape index (κ2) is 9.75. The predicted molar refractivity (Wildman–Crippen MR) is 117 cm³/mol. The highest BCUT2D eigenvalue weighted by molar-refractivity contribution is 8.03. The van der Waals surface area contributed by atoms with Crippen molar-refractivity contribution in [2.45, 2.75) is 10.8 Å². The van der Waals surface area contributed by atoms with Crippen LogP contribution in [0.4, 0.5) is 5.69 Å². The van der Waals surface area contributed by atoms with E-state index in [-0.39, 0.29) is 11.4 Å². The molecule has 0 amide bonds. The Morgan fingerprint density at radius 1 is 1.03 bits per heavy atom. The van der Waals surface area contributed by atoms with E-state index in [9.17, 15) is 25.7 Å². The lowest BCUT2D eigenvalue weighted by atomic mass is 9.91. The van der Waals surface area contributed by atoms with E-state index in [1.807, 2.05) is 35.7 Å². The number of hydrogen-bond donors (Lipinski definition) is 1. The van der Waals surface area contributed by atoms with Crippen LogP contribution in [0.15, 0.2) is 81.9 Å². The van der Waals surface area contributed by atoms with E-state index in [2.05, 4.69) is 0 Å². The van der Waals surface area contributed by atoms with E-state index in [0.29, 0.717) is 15.4 Å². The topological polar surface area (TPSA) is 111 Å². The van der Waals surface area contributed by atoms with Gasteiger partial charge in [0.15, 0.2) is 0 Å². The Balaban J connectivity index is 2.15. The number of aliphatic hydroxyl groups is 1. The smallest absolute Gasteiger partial charge is 0.269 e. The molecule has 0 saturated carbocycles. The molecule has 0 radical (unpaired) electrons. The van der Waals surface area contributed by atoms with Gasteiger partial charge in [-0.2, -0.15) is 10.5 Å². The molecule has 0 aliphatic rings. The number of nitrogens with zero attached hydrogens (tertiary/aromatic N) is 3. The van der Waals surface area contributed by atoms with Gasteiger partial charge in [0.25, 0.3) is 5.69 Å². The number of hydrogen-bond acceptors (Lipinski definition) is 7. The molecule has 1 heterocycles. The molecule has 0 aliphatic heterocycles. The molecule has 30 heavy (non-hydrogen) atoms. The second-order valence-corrected chi connectivity index (χ2v) is 8.26. The molecule has 148 valence electrons. The number of aliphatic hydroxyl groups excluding tert-OH is 1. The van der Waals surface area contributed by atoms with E-state index in [1.54, 1.807) is 36.4 Å². The Kier molecular flexibility index (Phi) is 6.87. The number of thiophene rings is 1. The minimum Gasteiger partial charge on any atom is -0.506 e. The molecule has 2 aromatic carbocycles. The number of allylic oxidation sites excluding steroid dienone is 1. The minimum absolute atomic E-state index is 0.0344. The first kappa shape index (κ1) is 21.1. The van der Waals surface area contributed by atoms with Crippen molar-refractivity contribution in [3.8, 4) is 12.1 Å². The average Bonchev–Trinajstić information content (AvgIpc) is 3.31. The lowest BCUT2D eigenvalue weighted by Crippen LogP contribution is -2.12. The van der Waals surface area contributed by atoms with E-state index >= 15 is 0 Å². The fourth-order valence-corrected chi connectivity index (χ4v) is 4.93.